The summed E-state index contributed by atoms with van der Waals surface area (Å²) in [7, 11) is 0. The van der Waals surface area contributed by atoms with Crippen LogP contribution in [-0.4, -0.2) is 18.7 Å². The van der Waals surface area contributed by atoms with Crippen LogP contribution in [0.5, 0.6) is 0 Å². The highest BCUT2D eigenvalue weighted by molar-refractivity contribution is 6.30. The fourth-order valence-corrected chi connectivity index (χ4v) is 2.36. The molecule has 2 nitrogen and oxygen atoms in total. The molecule has 3 heteroatoms. The molecule has 106 valence electrons. The minimum atomic E-state index is 0.124. The molecule has 0 radical (unpaired) electrons. The van der Waals surface area contributed by atoms with E-state index in [4.69, 9.17) is 16.3 Å². The Balaban J connectivity index is 1.96. The standard InChI is InChI=1S/C16H24ClNO/c1-3-4-12(2)19-16(11-18-15-9-10-15)13-5-7-14(17)8-6-13/h5-8,12,15-16,18H,3-4,9-11H2,1-2H3. The van der Waals surface area contributed by atoms with Gasteiger partial charge in [0.05, 0.1) is 12.2 Å². The zero-order chi connectivity index (χ0) is 13.7. The quantitative estimate of drug-likeness (QED) is 0.765. The summed E-state index contributed by atoms with van der Waals surface area (Å²) in [6, 6.07) is 8.73. The molecule has 2 unspecified atom stereocenters. The van der Waals surface area contributed by atoms with Gasteiger partial charge >= 0.3 is 0 Å². The van der Waals surface area contributed by atoms with Crippen LogP contribution < -0.4 is 5.32 Å². The molecule has 1 aromatic carbocycles. The third kappa shape index (κ3) is 5.13. The molecule has 1 N–H and O–H groups in total. The Morgan fingerprint density at radius 1 is 1.32 bits per heavy atom. The van der Waals surface area contributed by atoms with Crippen molar-refractivity contribution in [2.45, 2.75) is 57.8 Å². The molecule has 0 saturated heterocycles. The van der Waals surface area contributed by atoms with Crippen molar-refractivity contribution in [2.75, 3.05) is 6.54 Å². The van der Waals surface area contributed by atoms with Crippen LogP contribution in [0.3, 0.4) is 0 Å². The van der Waals surface area contributed by atoms with Crippen LogP contribution >= 0.6 is 11.6 Å². The van der Waals surface area contributed by atoms with Crippen molar-refractivity contribution in [2.24, 2.45) is 0 Å². The molecule has 1 aliphatic rings. The number of halogens is 1. The Morgan fingerprint density at radius 2 is 2.00 bits per heavy atom. The van der Waals surface area contributed by atoms with Gasteiger partial charge in [0.2, 0.25) is 0 Å². The van der Waals surface area contributed by atoms with Gasteiger partial charge in [-0.1, -0.05) is 37.1 Å². The van der Waals surface area contributed by atoms with Gasteiger partial charge in [0.1, 0.15) is 0 Å². The van der Waals surface area contributed by atoms with E-state index in [2.05, 4.69) is 31.3 Å². The Kier molecular flexibility index (Phi) is 5.68. The van der Waals surface area contributed by atoms with E-state index < -0.39 is 0 Å². The van der Waals surface area contributed by atoms with E-state index in [1.54, 1.807) is 0 Å². The highest BCUT2D eigenvalue weighted by Crippen LogP contribution is 2.24. The van der Waals surface area contributed by atoms with Gasteiger partial charge in [0.15, 0.2) is 0 Å². The van der Waals surface area contributed by atoms with Crippen molar-refractivity contribution in [3.63, 3.8) is 0 Å². The molecule has 0 aliphatic heterocycles. The predicted octanol–water partition coefficient (Wildman–Crippen LogP) is 4.34. The Labute approximate surface area is 121 Å². The Morgan fingerprint density at radius 3 is 2.58 bits per heavy atom. The first kappa shape index (κ1) is 14.8. The molecule has 0 bridgehead atoms. The third-order valence-corrected chi connectivity index (χ3v) is 3.75. The number of hydrogen-bond acceptors (Lipinski definition) is 2. The van der Waals surface area contributed by atoms with Crippen LogP contribution in [0, 0.1) is 0 Å². The lowest BCUT2D eigenvalue weighted by Crippen LogP contribution is -2.27. The molecule has 2 rings (SSSR count). The highest BCUT2D eigenvalue weighted by atomic mass is 35.5. The van der Waals surface area contributed by atoms with Gasteiger partial charge in [-0.15, -0.1) is 0 Å². The van der Waals surface area contributed by atoms with Crippen molar-refractivity contribution in [1.29, 1.82) is 0 Å². The van der Waals surface area contributed by atoms with E-state index in [0.717, 1.165) is 24.4 Å². The van der Waals surface area contributed by atoms with E-state index in [1.807, 2.05) is 12.1 Å². The summed E-state index contributed by atoms with van der Waals surface area (Å²) < 4.78 is 6.19. The zero-order valence-corrected chi connectivity index (χ0v) is 12.6. The fourth-order valence-electron chi connectivity index (χ4n) is 2.24. The first-order valence-electron chi connectivity index (χ1n) is 7.33. The van der Waals surface area contributed by atoms with Crippen molar-refractivity contribution in [3.8, 4) is 0 Å². The third-order valence-electron chi connectivity index (χ3n) is 3.50. The second-order valence-electron chi connectivity index (χ2n) is 5.46. The largest absolute Gasteiger partial charge is 0.369 e. The van der Waals surface area contributed by atoms with Crippen molar-refractivity contribution >= 4 is 11.6 Å². The number of benzene rings is 1. The van der Waals surface area contributed by atoms with E-state index >= 15 is 0 Å². The van der Waals surface area contributed by atoms with Crippen molar-refractivity contribution < 1.29 is 4.74 Å². The molecule has 0 spiro atoms. The molecule has 1 aliphatic carbocycles. The summed E-state index contributed by atoms with van der Waals surface area (Å²) in [6.07, 6.45) is 5.29. The average Bonchev–Trinajstić information content (AvgIpc) is 3.20. The van der Waals surface area contributed by atoms with Gasteiger partial charge in [-0.25, -0.2) is 0 Å². The van der Waals surface area contributed by atoms with Crippen molar-refractivity contribution in [3.05, 3.63) is 34.9 Å². The summed E-state index contributed by atoms with van der Waals surface area (Å²) in [6.45, 7) is 5.24. The van der Waals surface area contributed by atoms with Gasteiger partial charge in [-0.2, -0.15) is 0 Å². The lowest BCUT2D eigenvalue weighted by Gasteiger charge is -2.23. The van der Waals surface area contributed by atoms with Gasteiger partial charge in [0, 0.05) is 17.6 Å². The maximum atomic E-state index is 6.19. The number of rotatable bonds is 8. The summed E-state index contributed by atoms with van der Waals surface area (Å²) in [5.74, 6) is 0. The topological polar surface area (TPSA) is 21.3 Å². The molecular weight excluding hydrogens is 258 g/mol. The Bertz CT molecular complexity index is 375. The second kappa shape index (κ2) is 7.28. The second-order valence-corrected chi connectivity index (χ2v) is 5.89. The highest BCUT2D eigenvalue weighted by Gasteiger charge is 2.23. The molecule has 1 fully saturated rings. The number of ether oxygens (including phenoxy) is 1. The minimum absolute atomic E-state index is 0.124. The molecule has 2 atom stereocenters. The van der Waals surface area contributed by atoms with Gasteiger partial charge in [-0.3, -0.25) is 0 Å². The van der Waals surface area contributed by atoms with Crippen LogP contribution in [0.25, 0.3) is 0 Å². The van der Waals surface area contributed by atoms with E-state index in [-0.39, 0.29) is 6.10 Å². The maximum Gasteiger partial charge on any atom is 0.0952 e. The molecule has 19 heavy (non-hydrogen) atoms. The normalized spacial score (nSPS) is 18.3. The molecule has 0 amide bonds. The first-order valence-corrected chi connectivity index (χ1v) is 7.71. The zero-order valence-electron chi connectivity index (χ0n) is 11.9. The Hall–Kier alpha value is -0.570. The molecule has 0 aromatic heterocycles. The summed E-state index contributed by atoms with van der Waals surface area (Å²) in [5.41, 5.74) is 1.21. The van der Waals surface area contributed by atoms with Crippen molar-refractivity contribution in [1.82, 2.24) is 5.32 Å². The summed E-state index contributed by atoms with van der Waals surface area (Å²) in [4.78, 5) is 0. The van der Waals surface area contributed by atoms with Gasteiger partial charge in [-0.05, 0) is 43.9 Å². The first-order chi connectivity index (χ1) is 9.19. The molecule has 1 saturated carbocycles. The van der Waals surface area contributed by atoms with E-state index in [0.29, 0.717) is 12.1 Å². The summed E-state index contributed by atoms with van der Waals surface area (Å²) in [5, 5.41) is 4.34. The fraction of sp³-hybridized carbons (Fsp3) is 0.625. The minimum Gasteiger partial charge on any atom is -0.369 e. The lowest BCUT2D eigenvalue weighted by molar-refractivity contribution is -0.00740. The average molecular weight is 282 g/mol. The van der Waals surface area contributed by atoms with Gasteiger partial charge < -0.3 is 10.1 Å². The summed E-state index contributed by atoms with van der Waals surface area (Å²) >= 11 is 5.95. The lowest BCUT2D eigenvalue weighted by atomic mass is 10.1. The monoisotopic (exact) mass is 281 g/mol. The maximum absolute atomic E-state index is 6.19. The molecule has 1 aromatic rings. The van der Waals surface area contributed by atoms with Crippen LogP contribution in [0.4, 0.5) is 0 Å². The van der Waals surface area contributed by atoms with Gasteiger partial charge in [0.25, 0.3) is 0 Å². The van der Waals surface area contributed by atoms with E-state index in [1.165, 1.54) is 18.4 Å². The number of hydrogen-bond donors (Lipinski definition) is 1. The van der Waals surface area contributed by atoms with E-state index in [9.17, 15) is 0 Å². The molecule has 0 heterocycles. The number of nitrogens with one attached hydrogen (secondary N) is 1. The van der Waals surface area contributed by atoms with Crippen LogP contribution in [-0.2, 0) is 4.74 Å². The van der Waals surface area contributed by atoms with Crippen LogP contribution in [0.15, 0.2) is 24.3 Å². The van der Waals surface area contributed by atoms with Crippen LogP contribution in [0.1, 0.15) is 51.2 Å². The smallest absolute Gasteiger partial charge is 0.0952 e. The van der Waals surface area contributed by atoms with Crippen LogP contribution in [0.2, 0.25) is 5.02 Å². The molecular formula is C16H24ClNO. The predicted molar refractivity (Wildman–Crippen MR) is 80.7 cm³/mol. The SMILES string of the molecule is CCCC(C)OC(CNC1CC1)c1ccc(Cl)cc1.